The van der Waals surface area contributed by atoms with Crippen LogP contribution < -0.4 is 0 Å². The third-order valence-corrected chi connectivity index (χ3v) is 5.31. The average Bonchev–Trinajstić information content (AvgIpc) is 3.15. The number of benzene rings is 2. The summed E-state index contributed by atoms with van der Waals surface area (Å²) in [6, 6.07) is 21.1. The highest BCUT2D eigenvalue weighted by Gasteiger charge is 2.30. The van der Waals surface area contributed by atoms with Crippen LogP contribution in [-0.4, -0.2) is 39.5 Å². The fraction of sp³-hybridized carbons (Fsp3) is 0.261. The number of rotatable bonds is 4. The molecule has 0 radical (unpaired) electrons. The first-order valence-corrected chi connectivity index (χ1v) is 9.61. The molecule has 5 heteroatoms. The lowest BCUT2D eigenvalue weighted by molar-refractivity contribution is 0.0631. The fourth-order valence-corrected chi connectivity index (χ4v) is 3.83. The van der Waals surface area contributed by atoms with E-state index in [0.717, 1.165) is 24.1 Å². The molecule has 1 atom stereocenters. The van der Waals surface area contributed by atoms with Gasteiger partial charge in [-0.1, -0.05) is 60.7 Å². The minimum Gasteiger partial charge on any atom is -0.337 e. The number of aromatic nitrogens is 2. The van der Waals surface area contributed by atoms with Crippen LogP contribution in [0.3, 0.4) is 0 Å². The summed E-state index contributed by atoms with van der Waals surface area (Å²) in [5.74, 6) is -0.148. The first-order valence-electron chi connectivity index (χ1n) is 9.61. The van der Waals surface area contributed by atoms with Crippen molar-refractivity contribution in [1.29, 1.82) is 0 Å². The minimum absolute atomic E-state index is 0.108. The Morgan fingerprint density at radius 3 is 2.39 bits per heavy atom. The van der Waals surface area contributed by atoms with Crippen molar-refractivity contribution in [3.8, 4) is 11.3 Å². The van der Waals surface area contributed by atoms with E-state index in [1.807, 2.05) is 73.8 Å². The first kappa shape index (κ1) is 18.2. The van der Waals surface area contributed by atoms with Crippen molar-refractivity contribution in [3.63, 3.8) is 0 Å². The molecule has 1 aliphatic rings. The molecule has 0 saturated carbocycles. The molecule has 4 rings (SSSR count). The maximum absolute atomic E-state index is 13.0. The summed E-state index contributed by atoms with van der Waals surface area (Å²) >= 11 is 0. The van der Waals surface area contributed by atoms with Gasteiger partial charge in [0.05, 0.1) is 5.69 Å². The lowest BCUT2D eigenvalue weighted by atomic mass is 9.90. The zero-order valence-electron chi connectivity index (χ0n) is 15.9. The van der Waals surface area contributed by atoms with Gasteiger partial charge in [-0.05, 0) is 24.5 Å². The van der Waals surface area contributed by atoms with Gasteiger partial charge in [0.2, 0.25) is 0 Å². The van der Waals surface area contributed by atoms with Gasteiger partial charge in [-0.2, -0.15) is 5.10 Å². The molecule has 1 amide bonds. The molecule has 28 heavy (non-hydrogen) atoms. The van der Waals surface area contributed by atoms with Gasteiger partial charge < -0.3 is 4.90 Å². The highest BCUT2D eigenvalue weighted by molar-refractivity contribution is 5.99. The standard InChI is InChI=1S/C23H23N3O2/c1-25-21(17-9-4-2-5-10-17)15-20(24-25)23(28)26-14-8-13-19(16-26)22(27)18-11-6-3-7-12-18/h2-7,9-12,15,19H,8,13-14,16H2,1H3. The van der Waals surface area contributed by atoms with Crippen LogP contribution in [0.15, 0.2) is 66.7 Å². The third kappa shape index (κ3) is 3.60. The summed E-state index contributed by atoms with van der Waals surface area (Å²) in [6.07, 6.45) is 1.64. The Morgan fingerprint density at radius 2 is 1.68 bits per heavy atom. The van der Waals surface area contributed by atoms with Crippen molar-refractivity contribution in [2.45, 2.75) is 12.8 Å². The zero-order chi connectivity index (χ0) is 19.5. The van der Waals surface area contributed by atoms with Crippen LogP contribution in [0.1, 0.15) is 33.7 Å². The summed E-state index contributed by atoms with van der Waals surface area (Å²) in [4.78, 5) is 27.6. The second-order valence-electron chi connectivity index (χ2n) is 7.23. The third-order valence-electron chi connectivity index (χ3n) is 5.31. The lowest BCUT2D eigenvalue weighted by Gasteiger charge is -2.31. The molecule has 0 bridgehead atoms. The number of carbonyl (C=O) groups is 2. The van der Waals surface area contributed by atoms with Gasteiger partial charge >= 0.3 is 0 Å². The Kier molecular flexibility index (Phi) is 5.06. The van der Waals surface area contributed by atoms with Gasteiger partial charge in [0.15, 0.2) is 11.5 Å². The SMILES string of the molecule is Cn1nc(C(=O)N2CCCC(C(=O)c3ccccc3)C2)cc1-c1ccccc1. The molecule has 3 aromatic rings. The fourth-order valence-electron chi connectivity index (χ4n) is 3.83. The van der Waals surface area contributed by atoms with Crippen LogP contribution in [0, 0.1) is 5.92 Å². The Bertz CT molecular complexity index is 980. The molecule has 2 heterocycles. The van der Waals surface area contributed by atoms with Crippen LogP contribution in [0.4, 0.5) is 0 Å². The van der Waals surface area contributed by atoms with E-state index in [1.165, 1.54) is 0 Å². The van der Waals surface area contributed by atoms with Gasteiger partial charge in [0, 0.05) is 31.6 Å². The van der Waals surface area contributed by atoms with Crippen LogP contribution >= 0.6 is 0 Å². The van der Waals surface area contributed by atoms with Gasteiger partial charge in [0.1, 0.15) is 0 Å². The molecule has 1 saturated heterocycles. The van der Waals surface area contributed by atoms with Crippen molar-refractivity contribution in [3.05, 3.63) is 78.0 Å². The topological polar surface area (TPSA) is 55.2 Å². The van der Waals surface area contributed by atoms with E-state index in [2.05, 4.69) is 5.10 Å². The Balaban J connectivity index is 1.51. The van der Waals surface area contributed by atoms with Crippen molar-refractivity contribution < 1.29 is 9.59 Å². The molecule has 142 valence electrons. The number of Topliss-reactive ketones (excluding diaryl/α,β-unsaturated/α-hetero) is 1. The number of nitrogens with zero attached hydrogens (tertiary/aromatic N) is 3. The van der Waals surface area contributed by atoms with E-state index >= 15 is 0 Å². The van der Waals surface area contributed by atoms with E-state index in [0.29, 0.717) is 24.3 Å². The Morgan fingerprint density at radius 1 is 1.00 bits per heavy atom. The molecular weight excluding hydrogens is 350 g/mol. The van der Waals surface area contributed by atoms with Crippen molar-refractivity contribution in [2.24, 2.45) is 13.0 Å². The zero-order valence-corrected chi connectivity index (χ0v) is 15.9. The largest absolute Gasteiger partial charge is 0.337 e. The molecule has 0 aliphatic carbocycles. The number of likely N-dealkylation sites (tertiary alicyclic amines) is 1. The number of piperidine rings is 1. The highest BCUT2D eigenvalue weighted by atomic mass is 16.2. The Hall–Kier alpha value is -3.21. The van der Waals surface area contributed by atoms with Crippen LogP contribution in [-0.2, 0) is 7.05 Å². The van der Waals surface area contributed by atoms with Crippen molar-refractivity contribution in [2.75, 3.05) is 13.1 Å². The highest BCUT2D eigenvalue weighted by Crippen LogP contribution is 2.24. The summed E-state index contributed by atoms with van der Waals surface area (Å²) in [5.41, 5.74) is 3.06. The predicted octanol–water partition coefficient (Wildman–Crippen LogP) is 3.82. The van der Waals surface area contributed by atoms with Crippen molar-refractivity contribution >= 4 is 11.7 Å². The maximum atomic E-state index is 13.0. The van der Waals surface area contributed by atoms with Crippen LogP contribution in [0.2, 0.25) is 0 Å². The molecular formula is C23H23N3O2. The second-order valence-corrected chi connectivity index (χ2v) is 7.23. The van der Waals surface area contributed by atoms with Gasteiger partial charge in [-0.15, -0.1) is 0 Å². The van der Waals surface area contributed by atoms with E-state index < -0.39 is 0 Å². The van der Waals surface area contributed by atoms with Crippen LogP contribution in [0.25, 0.3) is 11.3 Å². The summed E-state index contributed by atoms with van der Waals surface area (Å²) in [6.45, 7) is 1.11. The first-order chi connectivity index (χ1) is 13.6. The maximum Gasteiger partial charge on any atom is 0.274 e. The van der Waals surface area contributed by atoms with Crippen LogP contribution in [0.5, 0.6) is 0 Å². The number of ketones is 1. The van der Waals surface area contributed by atoms with Gasteiger partial charge in [-0.25, -0.2) is 0 Å². The number of hydrogen-bond donors (Lipinski definition) is 0. The number of carbonyl (C=O) groups excluding carboxylic acids is 2. The lowest BCUT2D eigenvalue weighted by Crippen LogP contribution is -2.42. The summed E-state index contributed by atoms with van der Waals surface area (Å²) < 4.78 is 1.74. The van der Waals surface area contributed by atoms with Crippen molar-refractivity contribution in [1.82, 2.24) is 14.7 Å². The number of hydrogen-bond acceptors (Lipinski definition) is 3. The normalized spacial score (nSPS) is 16.8. The predicted molar refractivity (Wildman–Crippen MR) is 108 cm³/mol. The molecule has 1 fully saturated rings. The van der Waals surface area contributed by atoms with E-state index in [4.69, 9.17) is 0 Å². The monoisotopic (exact) mass is 373 g/mol. The van der Waals surface area contributed by atoms with E-state index in [1.54, 1.807) is 9.58 Å². The smallest absolute Gasteiger partial charge is 0.274 e. The molecule has 0 spiro atoms. The molecule has 0 N–H and O–H groups in total. The molecule has 1 aliphatic heterocycles. The molecule has 1 aromatic heterocycles. The second kappa shape index (κ2) is 7.80. The van der Waals surface area contributed by atoms with Gasteiger partial charge in [-0.3, -0.25) is 14.3 Å². The van der Waals surface area contributed by atoms with E-state index in [-0.39, 0.29) is 17.6 Å². The summed E-state index contributed by atoms with van der Waals surface area (Å²) in [7, 11) is 1.84. The van der Waals surface area contributed by atoms with E-state index in [9.17, 15) is 9.59 Å². The van der Waals surface area contributed by atoms with Gasteiger partial charge in [0.25, 0.3) is 5.91 Å². The quantitative estimate of drug-likeness (QED) is 0.653. The molecule has 5 nitrogen and oxygen atoms in total. The minimum atomic E-state index is -0.155. The Labute approximate surface area is 164 Å². The summed E-state index contributed by atoms with van der Waals surface area (Å²) in [5, 5.41) is 4.43. The molecule has 2 aromatic carbocycles. The average molecular weight is 373 g/mol. The molecule has 1 unspecified atom stereocenters. The number of amides is 1. The number of aryl methyl sites for hydroxylation is 1.